The number of hydrogen-bond donors (Lipinski definition) is 0. The van der Waals surface area contributed by atoms with Crippen LogP contribution in [0.5, 0.6) is 11.5 Å². The van der Waals surface area contributed by atoms with Gasteiger partial charge in [-0.05, 0) is 35.7 Å². The molecule has 0 radical (unpaired) electrons. The van der Waals surface area contributed by atoms with Gasteiger partial charge in [0.15, 0.2) is 5.58 Å². The standard InChI is InChI=1S/C38H20N4O2.Pt/c1-3-12-33-27(9-1)26-15-14-25(22-32(26)37-40-19-20-41(33)37)43-24-8-5-7-23(21-24)42-35-29(31-11-6-18-39-38(31)42)16-17-30-28-10-2-4-13-34(28)44-36(30)35;/h1-20H;/q-2;+2. The van der Waals surface area contributed by atoms with Gasteiger partial charge < -0.3 is 18.1 Å². The van der Waals surface area contributed by atoms with Crippen molar-refractivity contribution >= 4 is 71.2 Å². The van der Waals surface area contributed by atoms with Crippen molar-refractivity contribution in [1.82, 2.24) is 18.9 Å². The summed E-state index contributed by atoms with van der Waals surface area (Å²) in [7, 11) is 0. The number of hydrogen-bond acceptors (Lipinski definition) is 4. The average Bonchev–Trinajstić information content (AvgIpc) is 3.79. The molecule has 0 N–H and O–H groups in total. The minimum absolute atomic E-state index is 0. The number of rotatable bonds is 3. The van der Waals surface area contributed by atoms with E-state index in [1.807, 2.05) is 73.2 Å². The van der Waals surface area contributed by atoms with Crippen molar-refractivity contribution in [2.24, 2.45) is 0 Å². The fourth-order valence-electron chi connectivity index (χ4n) is 6.61. The van der Waals surface area contributed by atoms with Crippen LogP contribution in [0.1, 0.15) is 0 Å². The third-order valence-electron chi connectivity index (χ3n) is 8.48. The fourth-order valence-corrected chi connectivity index (χ4v) is 6.61. The summed E-state index contributed by atoms with van der Waals surface area (Å²) >= 11 is 0. The van der Waals surface area contributed by atoms with Gasteiger partial charge in [-0.1, -0.05) is 65.0 Å². The van der Waals surface area contributed by atoms with Crippen LogP contribution in [-0.4, -0.2) is 18.9 Å². The molecule has 10 rings (SSSR count). The fraction of sp³-hybridized carbons (Fsp3) is 0. The van der Waals surface area contributed by atoms with Gasteiger partial charge in [-0.2, -0.15) is 6.07 Å². The van der Waals surface area contributed by atoms with Gasteiger partial charge in [-0.15, -0.1) is 30.3 Å². The van der Waals surface area contributed by atoms with E-state index in [1.165, 1.54) is 0 Å². The van der Waals surface area contributed by atoms with Gasteiger partial charge in [-0.25, -0.2) is 4.98 Å². The third-order valence-corrected chi connectivity index (χ3v) is 8.48. The van der Waals surface area contributed by atoms with Crippen LogP contribution in [0, 0.1) is 12.1 Å². The van der Waals surface area contributed by atoms with Gasteiger partial charge in [-0.3, -0.25) is 4.98 Å². The minimum atomic E-state index is 0. The maximum atomic E-state index is 6.48. The molecule has 5 aromatic heterocycles. The molecule has 0 saturated carbocycles. The molecule has 214 valence electrons. The van der Waals surface area contributed by atoms with Gasteiger partial charge in [0.1, 0.15) is 11.2 Å². The molecule has 0 aliphatic carbocycles. The third kappa shape index (κ3) is 3.73. The van der Waals surface area contributed by atoms with E-state index in [4.69, 9.17) is 14.1 Å². The van der Waals surface area contributed by atoms with Crippen molar-refractivity contribution < 1.29 is 30.2 Å². The maximum absolute atomic E-state index is 6.48. The van der Waals surface area contributed by atoms with E-state index in [2.05, 4.69) is 74.6 Å². The molecule has 0 spiro atoms. The van der Waals surface area contributed by atoms with E-state index in [9.17, 15) is 0 Å². The van der Waals surface area contributed by atoms with Gasteiger partial charge >= 0.3 is 21.1 Å². The predicted octanol–water partition coefficient (Wildman–Crippen LogP) is 9.42. The van der Waals surface area contributed by atoms with Crippen LogP contribution >= 0.6 is 0 Å². The summed E-state index contributed by atoms with van der Waals surface area (Å²) in [6.45, 7) is 0. The zero-order chi connectivity index (χ0) is 28.8. The zero-order valence-corrected chi connectivity index (χ0v) is 25.7. The normalized spacial score (nSPS) is 11.8. The van der Waals surface area contributed by atoms with Gasteiger partial charge in [0.25, 0.3) is 0 Å². The van der Waals surface area contributed by atoms with E-state index in [-0.39, 0.29) is 21.1 Å². The molecular weight excluding hydrogens is 740 g/mol. The first-order valence-corrected chi connectivity index (χ1v) is 14.4. The molecular formula is C38H20N4O2Pt. The first-order valence-electron chi connectivity index (χ1n) is 14.4. The van der Waals surface area contributed by atoms with Crippen LogP contribution in [-0.2, 0) is 21.1 Å². The smallest absolute Gasteiger partial charge is 0.503 e. The monoisotopic (exact) mass is 759 g/mol. The van der Waals surface area contributed by atoms with E-state index in [0.717, 1.165) is 76.9 Å². The second-order valence-corrected chi connectivity index (χ2v) is 10.9. The molecule has 0 amide bonds. The van der Waals surface area contributed by atoms with Gasteiger partial charge in [0, 0.05) is 57.2 Å². The Labute approximate surface area is 270 Å². The summed E-state index contributed by atoms with van der Waals surface area (Å²) in [6, 6.07) is 41.8. The summed E-state index contributed by atoms with van der Waals surface area (Å²) in [6.07, 6.45) is 5.62. The Morgan fingerprint density at radius 2 is 1.38 bits per heavy atom. The van der Waals surface area contributed by atoms with Crippen LogP contribution in [0.2, 0.25) is 0 Å². The Morgan fingerprint density at radius 1 is 0.600 bits per heavy atom. The number of fused-ring (bicyclic) bond motifs is 13. The number of pyridine rings is 2. The molecule has 0 saturated heterocycles. The van der Waals surface area contributed by atoms with Crippen LogP contribution < -0.4 is 4.74 Å². The molecule has 0 aliphatic heterocycles. The molecule has 5 heterocycles. The summed E-state index contributed by atoms with van der Waals surface area (Å²) in [5.74, 6) is 1.16. The van der Waals surface area contributed by atoms with Crippen molar-refractivity contribution in [1.29, 1.82) is 0 Å². The van der Waals surface area contributed by atoms with E-state index in [1.54, 1.807) is 0 Å². The summed E-state index contributed by atoms with van der Waals surface area (Å²) in [4.78, 5) is 9.44. The van der Waals surface area contributed by atoms with Gasteiger partial charge in [0.2, 0.25) is 0 Å². The number of imidazole rings is 1. The predicted molar refractivity (Wildman–Crippen MR) is 174 cm³/mol. The molecule has 0 atom stereocenters. The molecule has 0 aliphatic rings. The maximum Gasteiger partial charge on any atom is 2.00 e. The van der Waals surface area contributed by atoms with Crippen molar-refractivity contribution in [3.05, 3.63) is 134 Å². The van der Waals surface area contributed by atoms with E-state index < -0.39 is 0 Å². The van der Waals surface area contributed by atoms with Gasteiger partial charge in [0.05, 0.1) is 11.2 Å². The molecule has 0 unspecified atom stereocenters. The number of benzene rings is 5. The molecule has 6 nitrogen and oxygen atoms in total. The van der Waals surface area contributed by atoms with Crippen molar-refractivity contribution in [3.63, 3.8) is 0 Å². The topological polar surface area (TPSA) is 57.5 Å². The number of nitrogens with zero attached hydrogens (tertiary/aromatic N) is 4. The van der Waals surface area contributed by atoms with Crippen LogP contribution in [0.15, 0.2) is 126 Å². The Morgan fingerprint density at radius 3 is 2.33 bits per heavy atom. The SMILES string of the molecule is [Pt+2].[c-]1c(Oc2[c-]c3c(cc2)c2ccccc2n2ccnc32)cccc1-n1c2ncccc2c2ccc3c4ccccc4oc3c21. The quantitative estimate of drug-likeness (QED) is 0.133. The Balaban J connectivity index is 0.00000281. The van der Waals surface area contributed by atoms with E-state index >= 15 is 0 Å². The second kappa shape index (κ2) is 9.78. The molecule has 45 heavy (non-hydrogen) atoms. The molecule has 10 aromatic rings. The molecule has 0 fully saturated rings. The molecule has 7 heteroatoms. The Bertz CT molecular complexity index is 2770. The number of ether oxygens (including phenoxy) is 1. The number of para-hydroxylation sites is 2. The average molecular weight is 760 g/mol. The van der Waals surface area contributed by atoms with Crippen molar-refractivity contribution in [2.45, 2.75) is 0 Å². The first kappa shape index (κ1) is 26.0. The number of furan rings is 1. The Kier molecular flexibility index (Phi) is 5.65. The summed E-state index contributed by atoms with van der Waals surface area (Å²) in [5.41, 5.74) is 6.20. The first-order chi connectivity index (χ1) is 21.8. The van der Waals surface area contributed by atoms with Crippen LogP contribution in [0.4, 0.5) is 0 Å². The summed E-state index contributed by atoms with van der Waals surface area (Å²) < 4.78 is 17.1. The molecule has 0 bridgehead atoms. The number of aromatic nitrogens is 4. The molecule has 5 aromatic carbocycles. The van der Waals surface area contributed by atoms with Crippen LogP contribution in [0.3, 0.4) is 0 Å². The summed E-state index contributed by atoms with van der Waals surface area (Å²) in [5, 5.41) is 7.38. The van der Waals surface area contributed by atoms with Crippen molar-refractivity contribution in [3.8, 4) is 17.2 Å². The zero-order valence-electron chi connectivity index (χ0n) is 23.5. The van der Waals surface area contributed by atoms with Crippen molar-refractivity contribution in [2.75, 3.05) is 0 Å². The largest absolute Gasteiger partial charge is 2.00 e. The van der Waals surface area contributed by atoms with E-state index in [0.29, 0.717) is 11.5 Å². The second-order valence-electron chi connectivity index (χ2n) is 10.9. The Hall–Kier alpha value is -5.45. The minimum Gasteiger partial charge on any atom is -0.503 e. The van der Waals surface area contributed by atoms with Crippen LogP contribution in [0.25, 0.3) is 76.9 Å².